The second-order valence-corrected chi connectivity index (χ2v) is 8.93. The number of aromatic nitrogens is 7. The summed E-state index contributed by atoms with van der Waals surface area (Å²) in [5.41, 5.74) is 13.1. The first-order valence-corrected chi connectivity index (χ1v) is 12.6. The Hall–Kier alpha value is -5.85. The lowest BCUT2D eigenvalue weighted by molar-refractivity contribution is 0.0999. The van der Waals surface area contributed by atoms with E-state index >= 15 is 0 Å². The minimum Gasteiger partial charge on any atom is -0.381 e. The molecule has 6 aromatic rings. The van der Waals surface area contributed by atoms with Crippen LogP contribution in [-0.4, -0.2) is 45.7 Å². The number of nitrogens with two attached hydrogens (primary N) is 2. The van der Waals surface area contributed by atoms with Crippen molar-refractivity contribution in [2.75, 3.05) is 11.1 Å². The summed E-state index contributed by atoms with van der Waals surface area (Å²) in [7, 11) is 1.74. The summed E-state index contributed by atoms with van der Waals surface area (Å²) in [6.45, 7) is 1.96. The number of rotatable bonds is 5. The fraction of sp³-hybridized carbons (Fsp3) is 0.107. The third-order valence-electron chi connectivity index (χ3n) is 6.18. The van der Waals surface area contributed by atoms with Gasteiger partial charge in [-0.1, -0.05) is 31.2 Å². The van der Waals surface area contributed by atoms with E-state index in [-0.39, 0.29) is 22.8 Å². The Bertz CT molecular complexity index is 1960. The van der Waals surface area contributed by atoms with Gasteiger partial charge in [-0.15, -0.1) is 5.10 Å². The first-order valence-electron chi connectivity index (χ1n) is 12.6. The van der Waals surface area contributed by atoms with Gasteiger partial charge in [0.1, 0.15) is 11.4 Å². The number of hydrogen-bond acceptors (Lipinski definition) is 8. The van der Waals surface area contributed by atoms with Crippen molar-refractivity contribution in [2.45, 2.75) is 13.3 Å². The van der Waals surface area contributed by atoms with E-state index in [1.54, 1.807) is 59.2 Å². The number of nitrogens with zero attached hydrogens (tertiary/aromatic N) is 7. The van der Waals surface area contributed by atoms with Crippen molar-refractivity contribution >= 4 is 39.9 Å². The Kier molecular flexibility index (Phi) is 7.24. The molecule has 13 nitrogen and oxygen atoms in total. The third kappa shape index (κ3) is 5.23. The number of carbonyl (C=O) groups is 2. The molecule has 2 aromatic carbocycles. The summed E-state index contributed by atoms with van der Waals surface area (Å²) < 4.78 is 4.56. The predicted octanol–water partition coefficient (Wildman–Crippen LogP) is 2.34. The molecular weight excluding hydrogens is 524 g/mol. The third-order valence-corrected chi connectivity index (χ3v) is 6.18. The second kappa shape index (κ2) is 11.1. The van der Waals surface area contributed by atoms with Gasteiger partial charge in [-0.2, -0.15) is 5.10 Å². The average Bonchev–Trinajstić information content (AvgIpc) is 3.56. The molecule has 0 saturated heterocycles. The van der Waals surface area contributed by atoms with Crippen molar-refractivity contribution in [1.82, 2.24) is 33.9 Å². The van der Waals surface area contributed by atoms with Crippen LogP contribution in [0.1, 0.15) is 33.5 Å². The average molecular weight is 551 g/mol. The summed E-state index contributed by atoms with van der Waals surface area (Å²) in [6, 6.07) is 16.3. The number of nitrogens with one attached hydrogen (secondary N) is 1. The summed E-state index contributed by atoms with van der Waals surface area (Å²) in [5.74, 6) is -0.178. The van der Waals surface area contributed by atoms with E-state index in [2.05, 4.69) is 25.5 Å². The van der Waals surface area contributed by atoms with Crippen molar-refractivity contribution in [3.05, 3.63) is 107 Å². The number of nitrogen functional groups attached to an aromatic ring is 1. The standard InChI is InChI=1S/C21H19N5O2.C7H7N5O/c1-3-18-23-16-10-7-11-17(24-20(27)14-12-22-25(2)13-14)19(16)21(28)26(18)15-8-5-4-6-9-15;8-5-4(6(9)13)7-10-2-1-3-12(7)11-5/h4-13H,3H2,1-2H3,(H,24,27);1-3H,(H2,8,11)(H2,9,13). The molecule has 41 heavy (non-hydrogen) atoms. The van der Waals surface area contributed by atoms with Gasteiger partial charge in [0.25, 0.3) is 17.4 Å². The molecule has 0 aliphatic rings. The first kappa shape index (κ1) is 26.7. The lowest BCUT2D eigenvalue weighted by atomic mass is 10.1. The molecule has 4 aromatic heterocycles. The number of primary amides is 1. The number of amides is 2. The molecule has 0 unspecified atom stereocenters. The van der Waals surface area contributed by atoms with Gasteiger partial charge in [0.05, 0.1) is 34.0 Å². The lowest BCUT2D eigenvalue weighted by Gasteiger charge is -2.14. The van der Waals surface area contributed by atoms with Crippen LogP contribution in [-0.2, 0) is 13.5 Å². The highest BCUT2D eigenvalue weighted by atomic mass is 16.2. The van der Waals surface area contributed by atoms with Gasteiger partial charge in [-0.05, 0) is 30.3 Å². The fourth-order valence-electron chi connectivity index (χ4n) is 4.33. The van der Waals surface area contributed by atoms with Crippen LogP contribution in [0.5, 0.6) is 0 Å². The van der Waals surface area contributed by atoms with Gasteiger partial charge in [0, 0.05) is 32.1 Å². The van der Waals surface area contributed by atoms with E-state index in [0.29, 0.717) is 40.0 Å². The summed E-state index contributed by atoms with van der Waals surface area (Å²) >= 11 is 0. The van der Waals surface area contributed by atoms with Gasteiger partial charge < -0.3 is 16.8 Å². The molecule has 6 rings (SSSR count). The Morgan fingerprint density at radius 2 is 1.83 bits per heavy atom. The van der Waals surface area contributed by atoms with E-state index in [0.717, 1.165) is 5.69 Å². The van der Waals surface area contributed by atoms with Crippen molar-refractivity contribution in [1.29, 1.82) is 0 Å². The van der Waals surface area contributed by atoms with Crippen LogP contribution in [0.4, 0.5) is 11.5 Å². The zero-order valence-electron chi connectivity index (χ0n) is 22.2. The minimum atomic E-state index is -0.619. The van der Waals surface area contributed by atoms with Crippen LogP contribution < -0.4 is 22.3 Å². The maximum Gasteiger partial charge on any atom is 0.268 e. The number of carbonyl (C=O) groups excluding carboxylic acids is 2. The van der Waals surface area contributed by atoms with Crippen molar-refractivity contribution in [3.8, 4) is 5.69 Å². The molecule has 5 N–H and O–H groups in total. The van der Waals surface area contributed by atoms with Gasteiger partial charge in [-0.3, -0.25) is 23.6 Å². The van der Waals surface area contributed by atoms with Crippen molar-refractivity contribution in [3.63, 3.8) is 0 Å². The molecule has 0 spiro atoms. The van der Waals surface area contributed by atoms with Crippen LogP contribution in [0, 0.1) is 0 Å². The number of aryl methyl sites for hydroxylation is 2. The molecular formula is C28H26N10O3. The topological polar surface area (TPSA) is 181 Å². The van der Waals surface area contributed by atoms with Crippen LogP contribution in [0.25, 0.3) is 22.2 Å². The molecule has 0 atom stereocenters. The quantitative estimate of drug-likeness (QED) is 0.292. The Morgan fingerprint density at radius 3 is 2.51 bits per heavy atom. The van der Waals surface area contributed by atoms with E-state index in [4.69, 9.17) is 11.5 Å². The summed E-state index contributed by atoms with van der Waals surface area (Å²) in [6.07, 6.45) is 6.90. The SMILES string of the molecule is CCc1nc2cccc(NC(=O)c3cnn(C)c3)c2c(=O)n1-c1ccccc1.NC(=O)c1c(N)nn2cccnc12. The Morgan fingerprint density at radius 1 is 1.05 bits per heavy atom. The maximum atomic E-state index is 13.4. The highest BCUT2D eigenvalue weighted by molar-refractivity contribution is 6.08. The number of para-hydroxylation sites is 1. The molecule has 206 valence electrons. The predicted molar refractivity (Wildman–Crippen MR) is 154 cm³/mol. The molecule has 4 heterocycles. The van der Waals surface area contributed by atoms with Crippen LogP contribution in [0.2, 0.25) is 0 Å². The normalized spacial score (nSPS) is 10.8. The summed E-state index contributed by atoms with van der Waals surface area (Å²) in [4.78, 5) is 45.5. The molecule has 0 fully saturated rings. The Labute approximate surface area is 233 Å². The zero-order valence-corrected chi connectivity index (χ0v) is 22.2. The number of fused-ring (bicyclic) bond motifs is 2. The monoisotopic (exact) mass is 550 g/mol. The smallest absolute Gasteiger partial charge is 0.268 e. The van der Waals surface area contributed by atoms with Crippen LogP contribution in [0.15, 0.2) is 84.2 Å². The van der Waals surface area contributed by atoms with Gasteiger partial charge in [-0.25, -0.2) is 14.5 Å². The second-order valence-electron chi connectivity index (χ2n) is 8.93. The number of anilines is 2. The Balaban J connectivity index is 0.000000216. The van der Waals surface area contributed by atoms with E-state index in [1.807, 2.05) is 37.3 Å². The molecule has 0 aliphatic carbocycles. The van der Waals surface area contributed by atoms with E-state index in [9.17, 15) is 14.4 Å². The number of benzene rings is 2. The molecule has 0 radical (unpaired) electrons. The highest BCUT2D eigenvalue weighted by Gasteiger charge is 2.17. The maximum absolute atomic E-state index is 13.4. The lowest BCUT2D eigenvalue weighted by Crippen LogP contribution is -2.25. The van der Waals surface area contributed by atoms with Gasteiger partial charge >= 0.3 is 0 Å². The zero-order chi connectivity index (χ0) is 29.1. The van der Waals surface area contributed by atoms with E-state index < -0.39 is 5.91 Å². The molecule has 0 aliphatic heterocycles. The van der Waals surface area contributed by atoms with Gasteiger partial charge in [0.2, 0.25) is 0 Å². The fourth-order valence-corrected chi connectivity index (χ4v) is 4.33. The largest absolute Gasteiger partial charge is 0.381 e. The van der Waals surface area contributed by atoms with Crippen LogP contribution in [0.3, 0.4) is 0 Å². The van der Waals surface area contributed by atoms with E-state index in [1.165, 1.54) is 10.7 Å². The van der Waals surface area contributed by atoms with Crippen molar-refractivity contribution in [2.24, 2.45) is 12.8 Å². The molecule has 0 saturated carbocycles. The number of hydrogen-bond donors (Lipinski definition) is 3. The highest BCUT2D eigenvalue weighted by Crippen LogP contribution is 2.21. The minimum absolute atomic E-state index is 0.103. The molecule has 2 amide bonds. The van der Waals surface area contributed by atoms with Gasteiger partial charge in [0.15, 0.2) is 11.5 Å². The van der Waals surface area contributed by atoms with Crippen LogP contribution >= 0.6 is 0 Å². The van der Waals surface area contributed by atoms with Crippen molar-refractivity contribution < 1.29 is 9.59 Å². The molecule has 0 bridgehead atoms. The molecule has 13 heteroatoms. The summed E-state index contributed by atoms with van der Waals surface area (Å²) in [5, 5.41) is 11.1. The first-order chi connectivity index (χ1) is 19.8.